The molecule has 5 heteroatoms. The molecule has 1 aromatic heterocycles. The van der Waals surface area contributed by atoms with E-state index in [4.69, 9.17) is 11.6 Å². The van der Waals surface area contributed by atoms with Crippen LogP contribution in [0.15, 0.2) is 0 Å². The lowest BCUT2D eigenvalue weighted by Gasteiger charge is -2.01. The Morgan fingerprint density at radius 2 is 2.46 bits per heavy atom. The van der Waals surface area contributed by atoms with Crippen molar-refractivity contribution in [2.24, 2.45) is 0 Å². The first-order valence-corrected chi connectivity index (χ1v) is 5.68. The van der Waals surface area contributed by atoms with Crippen molar-refractivity contribution in [1.82, 2.24) is 9.36 Å². The molecule has 1 aliphatic carbocycles. The molecule has 0 spiro atoms. The lowest BCUT2D eigenvalue weighted by molar-refractivity contribution is 0.958. The average molecular weight is 218 g/mol. The SMILES string of the molecule is CC(Cl)CNc1nc(C2CC2)ns1. The number of nitrogens with one attached hydrogen (secondary N) is 1. The minimum absolute atomic E-state index is 0.133. The summed E-state index contributed by atoms with van der Waals surface area (Å²) in [5, 5.41) is 4.19. The van der Waals surface area contributed by atoms with E-state index < -0.39 is 0 Å². The molecule has 1 atom stereocenters. The number of nitrogens with zero attached hydrogens (tertiary/aromatic N) is 2. The Labute approximate surface area is 86.7 Å². The summed E-state index contributed by atoms with van der Waals surface area (Å²) in [4.78, 5) is 4.38. The van der Waals surface area contributed by atoms with Crippen LogP contribution in [0.5, 0.6) is 0 Å². The molecule has 13 heavy (non-hydrogen) atoms. The fourth-order valence-electron chi connectivity index (χ4n) is 1.04. The summed E-state index contributed by atoms with van der Waals surface area (Å²) in [5.74, 6) is 1.65. The second-order valence-corrected chi connectivity index (χ2v) is 4.89. The topological polar surface area (TPSA) is 37.8 Å². The molecule has 3 nitrogen and oxygen atoms in total. The molecule has 1 unspecified atom stereocenters. The van der Waals surface area contributed by atoms with Gasteiger partial charge in [0.1, 0.15) is 5.82 Å². The fourth-order valence-corrected chi connectivity index (χ4v) is 1.77. The van der Waals surface area contributed by atoms with E-state index in [1.807, 2.05) is 6.92 Å². The van der Waals surface area contributed by atoms with Crippen LogP contribution >= 0.6 is 23.1 Å². The van der Waals surface area contributed by atoms with E-state index in [2.05, 4.69) is 14.7 Å². The van der Waals surface area contributed by atoms with Crippen LogP contribution in [0.2, 0.25) is 0 Å². The minimum atomic E-state index is 0.133. The highest BCUT2D eigenvalue weighted by Gasteiger charge is 2.27. The predicted molar refractivity (Wildman–Crippen MR) is 55.7 cm³/mol. The largest absolute Gasteiger partial charge is 0.359 e. The first-order chi connectivity index (χ1) is 6.25. The van der Waals surface area contributed by atoms with Crippen LogP contribution in [-0.4, -0.2) is 21.3 Å². The first-order valence-electron chi connectivity index (χ1n) is 4.47. The Hall–Kier alpha value is -0.350. The van der Waals surface area contributed by atoms with Crippen molar-refractivity contribution in [3.63, 3.8) is 0 Å². The maximum atomic E-state index is 5.80. The van der Waals surface area contributed by atoms with Crippen molar-refractivity contribution in [3.8, 4) is 0 Å². The maximum Gasteiger partial charge on any atom is 0.202 e. The first kappa shape index (κ1) is 9.21. The molecule has 1 aliphatic rings. The van der Waals surface area contributed by atoms with Gasteiger partial charge in [-0.3, -0.25) is 0 Å². The van der Waals surface area contributed by atoms with Crippen molar-refractivity contribution in [2.75, 3.05) is 11.9 Å². The van der Waals surface area contributed by atoms with Gasteiger partial charge in [0.2, 0.25) is 5.13 Å². The number of aromatic nitrogens is 2. The van der Waals surface area contributed by atoms with Gasteiger partial charge in [-0.1, -0.05) is 0 Å². The van der Waals surface area contributed by atoms with E-state index in [9.17, 15) is 0 Å². The van der Waals surface area contributed by atoms with Crippen molar-refractivity contribution < 1.29 is 0 Å². The second kappa shape index (κ2) is 3.80. The van der Waals surface area contributed by atoms with Gasteiger partial charge in [-0.15, -0.1) is 11.6 Å². The van der Waals surface area contributed by atoms with Gasteiger partial charge >= 0.3 is 0 Å². The predicted octanol–water partition coefficient (Wildman–Crippen LogP) is 2.45. The highest BCUT2D eigenvalue weighted by Crippen LogP contribution is 2.39. The summed E-state index contributed by atoms with van der Waals surface area (Å²) >= 11 is 7.23. The number of hydrogen-bond donors (Lipinski definition) is 1. The second-order valence-electron chi connectivity index (χ2n) is 3.39. The van der Waals surface area contributed by atoms with Gasteiger partial charge in [-0.2, -0.15) is 4.37 Å². The molecule has 0 aliphatic heterocycles. The van der Waals surface area contributed by atoms with Crippen molar-refractivity contribution in [3.05, 3.63) is 5.82 Å². The quantitative estimate of drug-likeness (QED) is 0.788. The molecule has 0 radical (unpaired) electrons. The van der Waals surface area contributed by atoms with E-state index in [1.54, 1.807) is 0 Å². The van der Waals surface area contributed by atoms with Crippen LogP contribution < -0.4 is 5.32 Å². The lowest BCUT2D eigenvalue weighted by atomic mass is 10.4. The number of hydrogen-bond acceptors (Lipinski definition) is 4. The lowest BCUT2D eigenvalue weighted by Crippen LogP contribution is -2.10. The van der Waals surface area contributed by atoms with Gasteiger partial charge < -0.3 is 5.32 Å². The third-order valence-electron chi connectivity index (χ3n) is 1.92. The Morgan fingerprint density at radius 3 is 3.08 bits per heavy atom. The summed E-state index contributed by atoms with van der Waals surface area (Å²) in [7, 11) is 0. The number of rotatable bonds is 4. The van der Waals surface area contributed by atoms with E-state index in [1.165, 1.54) is 24.4 Å². The zero-order valence-corrected chi connectivity index (χ0v) is 9.03. The van der Waals surface area contributed by atoms with E-state index in [0.29, 0.717) is 5.92 Å². The third kappa shape index (κ3) is 2.54. The summed E-state index contributed by atoms with van der Waals surface area (Å²) in [6.07, 6.45) is 2.50. The zero-order valence-electron chi connectivity index (χ0n) is 7.46. The molecule has 0 aromatic carbocycles. The molecule has 1 saturated carbocycles. The Morgan fingerprint density at radius 1 is 1.69 bits per heavy atom. The summed E-state index contributed by atoms with van der Waals surface area (Å²) in [6.45, 7) is 2.71. The van der Waals surface area contributed by atoms with Crippen molar-refractivity contribution in [2.45, 2.75) is 31.1 Å². The van der Waals surface area contributed by atoms with E-state index in [-0.39, 0.29) is 5.38 Å². The maximum absolute atomic E-state index is 5.80. The molecule has 72 valence electrons. The molecular formula is C8H12ClN3S. The highest BCUT2D eigenvalue weighted by atomic mass is 35.5. The van der Waals surface area contributed by atoms with Crippen LogP contribution in [0.1, 0.15) is 31.5 Å². The Balaban J connectivity index is 1.89. The van der Waals surface area contributed by atoms with Gasteiger partial charge in [0.15, 0.2) is 0 Å². The molecule has 1 N–H and O–H groups in total. The summed E-state index contributed by atoms with van der Waals surface area (Å²) < 4.78 is 4.28. The molecule has 1 aromatic rings. The van der Waals surface area contributed by atoms with Crippen LogP contribution in [0.25, 0.3) is 0 Å². The molecule has 0 bridgehead atoms. The van der Waals surface area contributed by atoms with Gasteiger partial charge in [0, 0.05) is 29.4 Å². The Kier molecular flexibility index (Phi) is 2.69. The van der Waals surface area contributed by atoms with Crippen LogP contribution in [0, 0.1) is 0 Å². The average Bonchev–Trinajstić information content (AvgIpc) is 2.83. The van der Waals surface area contributed by atoms with Crippen molar-refractivity contribution >= 4 is 28.3 Å². The highest BCUT2D eigenvalue weighted by molar-refractivity contribution is 7.09. The normalized spacial score (nSPS) is 18.6. The number of anilines is 1. The number of alkyl halides is 1. The standard InChI is InChI=1S/C8H12ClN3S/c1-5(9)4-10-8-11-7(12-13-8)6-2-3-6/h5-6H,2-4H2,1H3,(H,10,11,12). The number of halogens is 1. The smallest absolute Gasteiger partial charge is 0.202 e. The molecule has 1 heterocycles. The zero-order chi connectivity index (χ0) is 9.26. The van der Waals surface area contributed by atoms with E-state index >= 15 is 0 Å². The van der Waals surface area contributed by atoms with Crippen molar-refractivity contribution in [1.29, 1.82) is 0 Å². The van der Waals surface area contributed by atoms with Gasteiger partial charge in [-0.25, -0.2) is 4.98 Å². The minimum Gasteiger partial charge on any atom is -0.359 e. The fraction of sp³-hybridized carbons (Fsp3) is 0.750. The summed E-state index contributed by atoms with van der Waals surface area (Å²) in [6, 6.07) is 0. The van der Waals surface area contributed by atoms with Gasteiger partial charge in [0.25, 0.3) is 0 Å². The molecular weight excluding hydrogens is 206 g/mol. The third-order valence-corrected chi connectivity index (χ3v) is 2.76. The van der Waals surface area contributed by atoms with Crippen LogP contribution in [0.3, 0.4) is 0 Å². The van der Waals surface area contributed by atoms with E-state index in [0.717, 1.165) is 17.5 Å². The Bertz CT molecular complexity index is 283. The molecule has 2 rings (SSSR count). The monoisotopic (exact) mass is 217 g/mol. The van der Waals surface area contributed by atoms with Crippen LogP contribution in [-0.2, 0) is 0 Å². The molecule has 0 saturated heterocycles. The molecule has 1 fully saturated rings. The van der Waals surface area contributed by atoms with Crippen LogP contribution in [0.4, 0.5) is 5.13 Å². The molecule has 0 amide bonds. The van der Waals surface area contributed by atoms with Gasteiger partial charge in [0.05, 0.1) is 0 Å². The van der Waals surface area contributed by atoms with Gasteiger partial charge in [-0.05, 0) is 19.8 Å². The summed E-state index contributed by atoms with van der Waals surface area (Å²) in [5.41, 5.74) is 0.